The molecule has 1 aliphatic carbocycles. The summed E-state index contributed by atoms with van der Waals surface area (Å²) >= 11 is 0. The van der Waals surface area contributed by atoms with Gasteiger partial charge in [0.05, 0.1) is 0 Å². The summed E-state index contributed by atoms with van der Waals surface area (Å²) in [6.07, 6.45) is 3.99. The minimum atomic E-state index is -2.80. The van der Waals surface area contributed by atoms with Crippen molar-refractivity contribution in [1.29, 1.82) is 0 Å². The second kappa shape index (κ2) is 6.50. The van der Waals surface area contributed by atoms with Crippen LogP contribution in [0.2, 0.25) is 0 Å². The van der Waals surface area contributed by atoms with Gasteiger partial charge in [0, 0.05) is 25.0 Å². The van der Waals surface area contributed by atoms with Crippen LogP contribution in [0.25, 0.3) is 11.6 Å². The van der Waals surface area contributed by atoms with Crippen molar-refractivity contribution in [2.45, 2.75) is 20.8 Å². The molecule has 0 N–H and O–H groups in total. The van der Waals surface area contributed by atoms with Crippen LogP contribution in [0.4, 0.5) is 0 Å². The summed E-state index contributed by atoms with van der Waals surface area (Å²) < 4.78 is 17.8. The number of allylic oxidation sites excluding steroid dienone is 2. The minimum absolute atomic E-state index is 0.577. The summed E-state index contributed by atoms with van der Waals surface area (Å²) in [6, 6.07) is 6.28. The fraction of sp³-hybridized carbons (Fsp3) is 0.375. The van der Waals surface area contributed by atoms with Gasteiger partial charge < -0.3 is 13.3 Å². The molecule has 0 bridgehead atoms. The highest BCUT2D eigenvalue weighted by Gasteiger charge is 2.43. The SMILES string of the molecule is C=CC1=Cc2ccc([Si](OCC)(OCC)OCC)cc21. The lowest BCUT2D eigenvalue weighted by Gasteiger charge is -2.30. The summed E-state index contributed by atoms with van der Waals surface area (Å²) in [5.74, 6) is 0. The Hall–Kier alpha value is -1.20. The molecular weight excluding hydrogens is 268 g/mol. The van der Waals surface area contributed by atoms with E-state index >= 15 is 0 Å². The van der Waals surface area contributed by atoms with E-state index < -0.39 is 8.80 Å². The van der Waals surface area contributed by atoms with Gasteiger partial charge in [-0.25, -0.2) is 0 Å². The van der Waals surface area contributed by atoms with Gasteiger partial charge >= 0.3 is 8.80 Å². The average Bonchev–Trinajstić information content (AvgIpc) is 2.41. The first kappa shape index (κ1) is 15.2. The zero-order valence-corrected chi connectivity index (χ0v) is 13.4. The standard InChI is InChI=1S/C16H22O3Si/c1-5-13-11-14-9-10-15(12-16(13)14)20(17-6-2,18-7-3)19-8-4/h5,9-12H,1,6-8H2,2-4H3. The molecule has 0 saturated carbocycles. The lowest BCUT2D eigenvalue weighted by atomic mass is 9.89. The highest BCUT2D eigenvalue weighted by Crippen LogP contribution is 2.32. The number of benzene rings is 1. The highest BCUT2D eigenvalue weighted by molar-refractivity contribution is 6.75. The van der Waals surface area contributed by atoms with Crippen LogP contribution in [0, 0.1) is 0 Å². The van der Waals surface area contributed by atoms with Gasteiger partial charge in [0.15, 0.2) is 0 Å². The molecule has 20 heavy (non-hydrogen) atoms. The molecule has 0 radical (unpaired) electrons. The summed E-state index contributed by atoms with van der Waals surface area (Å²) in [7, 11) is -2.80. The molecule has 0 aliphatic heterocycles. The zero-order valence-electron chi connectivity index (χ0n) is 12.4. The normalized spacial score (nSPS) is 13.4. The molecule has 1 aliphatic rings. The molecule has 0 atom stereocenters. The summed E-state index contributed by atoms with van der Waals surface area (Å²) in [5.41, 5.74) is 3.60. The van der Waals surface area contributed by atoms with E-state index in [1.165, 1.54) is 11.1 Å². The molecule has 0 heterocycles. The van der Waals surface area contributed by atoms with Crippen LogP contribution in [0.1, 0.15) is 31.9 Å². The molecule has 0 aromatic heterocycles. The number of hydrogen-bond acceptors (Lipinski definition) is 3. The van der Waals surface area contributed by atoms with Gasteiger partial charge in [0.25, 0.3) is 0 Å². The molecule has 0 amide bonds. The molecular formula is C16H22O3Si. The van der Waals surface area contributed by atoms with Crippen molar-refractivity contribution < 1.29 is 13.3 Å². The zero-order chi connectivity index (χ0) is 14.6. The fourth-order valence-corrected chi connectivity index (χ4v) is 4.90. The van der Waals surface area contributed by atoms with Crippen molar-refractivity contribution in [2.24, 2.45) is 0 Å². The highest BCUT2D eigenvalue weighted by atomic mass is 28.4. The third-order valence-electron chi connectivity index (χ3n) is 3.25. The molecule has 1 aromatic rings. The molecule has 0 fully saturated rings. The second-order valence-electron chi connectivity index (χ2n) is 4.46. The Bertz CT molecular complexity index is 505. The first-order valence-electron chi connectivity index (χ1n) is 7.11. The van der Waals surface area contributed by atoms with Crippen LogP contribution in [-0.4, -0.2) is 28.6 Å². The van der Waals surface area contributed by atoms with Crippen molar-refractivity contribution in [2.75, 3.05) is 19.8 Å². The maximum Gasteiger partial charge on any atom is 0.537 e. The topological polar surface area (TPSA) is 27.7 Å². The summed E-state index contributed by atoms with van der Waals surface area (Å²) in [4.78, 5) is 0. The maximum atomic E-state index is 5.93. The fourth-order valence-electron chi connectivity index (χ4n) is 2.40. The van der Waals surface area contributed by atoms with Gasteiger partial charge in [0.1, 0.15) is 0 Å². The molecule has 0 spiro atoms. The predicted molar refractivity (Wildman–Crippen MR) is 84.8 cm³/mol. The van der Waals surface area contributed by atoms with Crippen molar-refractivity contribution in [3.05, 3.63) is 42.0 Å². The van der Waals surface area contributed by atoms with Crippen LogP contribution in [0.5, 0.6) is 0 Å². The number of fused-ring (bicyclic) bond motifs is 1. The van der Waals surface area contributed by atoms with E-state index in [2.05, 4.69) is 30.9 Å². The Morgan fingerprint density at radius 3 is 2.15 bits per heavy atom. The van der Waals surface area contributed by atoms with Gasteiger partial charge in [-0.3, -0.25) is 0 Å². The van der Waals surface area contributed by atoms with Crippen molar-refractivity contribution in [3.8, 4) is 0 Å². The van der Waals surface area contributed by atoms with Gasteiger partial charge in [-0.05, 0) is 49.6 Å². The van der Waals surface area contributed by atoms with Crippen LogP contribution < -0.4 is 5.19 Å². The van der Waals surface area contributed by atoms with Crippen molar-refractivity contribution >= 4 is 25.6 Å². The Kier molecular flexibility index (Phi) is 4.94. The predicted octanol–water partition coefficient (Wildman–Crippen LogP) is 2.98. The first-order valence-corrected chi connectivity index (χ1v) is 8.84. The van der Waals surface area contributed by atoms with Gasteiger partial charge in [-0.1, -0.05) is 24.8 Å². The minimum Gasteiger partial charge on any atom is -0.370 e. The molecule has 108 valence electrons. The van der Waals surface area contributed by atoms with E-state index in [4.69, 9.17) is 13.3 Å². The van der Waals surface area contributed by atoms with Gasteiger partial charge in [-0.2, -0.15) is 0 Å². The van der Waals surface area contributed by atoms with Gasteiger partial charge in [-0.15, -0.1) is 0 Å². The summed E-state index contributed by atoms with van der Waals surface area (Å²) in [6.45, 7) is 11.5. The van der Waals surface area contributed by atoms with Crippen LogP contribution >= 0.6 is 0 Å². The average molecular weight is 290 g/mol. The van der Waals surface area contributed by atoms with E-state index in [1.807, 2.05) is 26.8 Å². The second-order valence-corrected chi connectivity index (χ2v) is 7.02. The Labute approximate surface area is 122 Å². The van der Waals surface area contributed by atoms with E-state index in [1.54, 1.807) is 0 Å². The molecule has 2 rings (SSSR count). The van der Waals surface area contributed by atoms with E-state index in [9.17, 15) is 0 Å². The van der Waals surface area contributed by atoms with Gasteiger partial charge in [0.2, 0.25) is 0 Å². The van der Waals surface area contributed by atoms with Crippen LogP contribution in [0.3, 0.4) is 0 Å². The molecule has 0 saturated heterocycles. The van der Waals surface area contributed by atoms with E-state index in [0.29, 0.717) is 19.8 Å². The molecule has 0 unspecified atom stereocenters. The Morgan fingerprint density at radius 1 is 1.05 bits per heavy atom. The van der Waals surface area contributed by atoms with Crippen molar-refractivity contribution in [1.82, 2.24) is 0 Å². The largest absolute Gasteiger partial charge is 0.537 e. The summed E-state index contributed by atoms with van der Waals surface area (Å²) in [5, 5.41) is 1.02. The first-order chi connectivity index (χ1) is 9.70. The lowest BCUT2D eigenvalue weighted by molar-refractivity contribution is 0.0859. The van der Waals surface area contributed by atoms with E-state index in [-0.39, 0.29) is 0 Å². The monoisotopic (exact) mass is 290 g/mol. The Morgan fingerprint density at radius 2 is 1.65 bits per heavy atom. The third-order valence-corrected chi connectivity index (χ3v) is 6.28. The molecule has 1 aromatic carbocycles. The number of rotatable bonds is 8. The lowest BCUT2D eigenvalue weighted by Crippen LogP contribution is -2.57. The van der Waals surface area contributed by atoms with Crippen LogP contribution in [0.15, 0.2) is 30.9 Å². The quantitative estimate of drug-likeness (QED) is 0.689. The van der Waals surface area contributed by atoms with Crippen molar-refractivity contribution in [3.63, 3.8) is 0 Å². The Balaban J connectivity index is 2.39. The maximum absolute atomic E-state index is 5.93. The molecule has 3 nitrogen and oxygen atoms in total. The number of hydrogen-bond donors (Lipinski definition) is 0. The van der Waals surface area contributed by atoms with Crippen LogP contribution in [-0.2, 0) is 13.3 Å². The molecule has 4 heteroatoms. The third kappa shape index (κ3) is 2.65. The van der Waals surface area contributed by atoms with E-state index in [0.717, 1.165) is 10.8 Å². The smallest absolute Gasteiger partial charge is 0.370 e.